The van der Waals surface area contributed by atoms with Crippen LogP contribution < -0.4 is 30.4 Å². The Labute approximate surface area is 277 Å². The number of hydrogen-bond acceptors (Lipinski definition) is 4. The number of benzene rings is 7. The third kappa shape index (κ3) is 3.81. The lowest BCUT2D eigenvalue weighted by atomic mass is 10.1. The van der Waals surface area contributed by atoms with E-state index in [1.165, 1.54) is 30.5 Å². The van der Waals surface area contributed by atoms with Crippen LogP contribution in [0.5, 0.6) is 11.5 Å². The lowest BCUT2D eigenvalue weighted by Crippen LogP contribution is -2.77. The summed E-state index contributed by atoms with van der Waals surface area (Å²) in [6, 6.07) is 58.8. The van der Waals surface area contributed by atoms with Gasteiger partial charge in [-0.3, -0.25) is 0 Å². The molecule has 0 N–H and O–H groups in total. The first-order chi connectivity index (χ1) is 23.3. The second-order valence-corrected chi connectivity index (χ2v) is 16.8. The molecule has 2 aliphatic rings. The summed E-state index contributed by atoms with van der Waals surface area (Å²) >= 11 is 1.88. The molecule has 2 aliphatic heterocycles. The molecule has 1 aromatic heterocycles. The van der Waals surface area contributed by atoms with Gasteiger partial charge in [-0.15, -0.1) is 0 Å². The van der Waals surface area contributed by atoms with Gasteiger partial charge in [0.1, 0.15) is 22.7 Å². The van der Waals surface area contributed by atoms with Gasteiger partial charge < -0.3 is 14.1 Å². The summed E-state index contributed by atoms with van der Waals surface area (Å²) in [6.07, 6.45) is 0. The van der Waals surface area contributed by atoms with Crippen LogP contribution in [0.1, 0.15) is 0 Å². The quantitative estimate of drug-likeness (QED) is 0.181. The fourth-order valence-corrected chi connectivity index (χ4v) is 14.9. The van der Waals surface area contributed by atoms with Crippen LogP contribution in [0, 0.1) is 0 Å². The number of fused-ring (bicyclic) bond motifs is 11. The smallest absolute Gasteiger partial charge is 0.190 e. The molecule has 0 unspecified atom stereocenters. The third-order valence-corrected chi connectivity index (χ3v) is 16.0. The Kier molecular flexibility index (Phi) is 5.83. The van der Waals surface area contributed by atoms with Crippen molar-refractivity contribution < 1.29 is 9.15 Å². The topological polar surface area (TPSA) is 25.6 Å². The first-order valence-corrected chi connectivity index (χ1v) is 18.7. The van der Waals surface area contributed by atoms with Crippen molar-refractivity contribution in [2.45, 2.75) is 9.79 Å². The molecule has 0 fully saturated rings. The Morgan fingerprint density at radius 1 is 0.468 bits per heavy atom. The van der Waals surface area contributed by atoms with E-state index in [2.05, 4.69) is 157 Å². The highest BCUT2D eigenvalue weighted by Gasteiger charge is 2.52. The summed E-state index contributed by atoms with van der Waals surface area (Å²) in [5.74, 6) is 1.88. The predicted octanol–water partition coefficient (Wildman–Crippen LogP) is 9.00. The van der Waals surface area contributed by atoms with Crippen molar-refractivity contribution in [1.82, 2.24) is 0 Å². The monoisotopic (exact) mass is 637 g/mol. The number of rotatable bonds is 3. The van der Waals surface area contributed by atoms with E-state index in [1.807, 2.05) is 23.9 Å². The fourth-order valence-electron chi connectivity index (χ4n) is 7.69. The lowest BCUT2D eigenvalue weighted by Gasteiger charge is -2.43. The van der Waals surface area contributed by atoms with Crippen LogP contribution >= 0.6 is 11.8 Å². The number of para-hydroxylation sites is 3. The van der Waals surface area contributed by atoms with Gasteiger partial charge in [0.15, 0.2) is 8.07 Å². The molecule has 1 spiro atoms. The number of hydrogen-bond donors (Lipinski definition) is 0. The number of furan rings is 1. The highest BCUT2D eigenvalue weighted by Crippen LogP contribution is 2.44. The average molecular weight is 638 g/mol. The lowest BCUT2D eigenvalue weighted by molar-refractivity contribution is 0.487. The van der Waals surface area contributed by atoms with E-state index >= 15 is 0 Å². The van der Waals surface area contributed by atoms with E-state index in [0.29, 0.717) is 0 Å². The molecule has 5 heteroatoms. The summed E-state index contributed by atoms with van der Waals surface area (Å²) < 4.78 is 13.2. The van der Waals surface area contributed by atoms with E-state index in [0.717, 1.165) is 50.5 Å². The molecule has 0 bridgehead atoms. The van der Waals surface area contributed by atoms with E-state index in [-0.39, 0.29) is 0 Å². The normalized spacial score (nSPS) is 13.8. The molecular formula is C42H27NO2SSi. The maximum Gasteiger partial charge on any atom is 0.190 e. The molecule has 222 valence electrons. The molecule has 8 aromatic rings. The Morgan fingerprint density at radius 3 is 1.91 bits per heavy atom. The standard InChI is InChI=1S/C42H27NO2SSi/c1-2-13-28(14-3-1)43(31-16-12-19-35-42(31)30-15-4-5-17-32(30)44-35)29-25-26-34-41(27-29)47(38-22-9-6-18-33(38)45-34)39-23-10-7-20-36(39)46-37-21-8-11-24-40(37)47/h1-27H. The Balaban J connectivity index is 1.30. The van der Waals surface area contributed by atoms with Gasteiger partial charge >= 0.3 is 0 Å². The second kappa shape index (κ2) is 10.3. The maximum atomic E-state index is 6.79. The largest absolute Gasteiger partial charge is 0.458 e. The van der Waals surface area contributed by atoms with Crippen molar-refractivity contribution in [1.29, 1.82) is 0 Å². The van der Waals surface area contributed by atoms with E-state index in [1.54, 1.807) is 0 Å². The first-order valence-electron chi connectivity index (χ1n) is 15.8. The van der Waals surface area contributed by atoms with Gasteiger partial charge in [0.2, 0.25) is 0 Å². The Hall–Kier alpha value is -5.49. The van der Waals surface area contributed by atoms with Gasteiger partial charge in [-0.1, -0.05) is 109 Å². The highest BCUT2D eigenvalue weighted by molar-refractivity contribution is 8.00. The van der Waals surface area contributed by atoms with Crippen molar-refractivity contribution in [2.24, 2.45) is 0 Å². The van der Waals surface area contributed by atoms with Crippen LogP contribution in [-0.2, 0) is 0 Å². The first kappa shape index (κ1) is 26.7. The zero-order valence-corrected chi connectivity index (χ0v) is 27.1. The van der Waals surface area contributed by atoms with E-state index < -0.39 is 8.07 Å². The van der Waals surface area contributed by atoms with Crippen LogP contribution in [0.25, 0.3) is 21.9 Å². The molecule has 0 aliphatic carbocycles. The number of ether oxygens (including phenoxy) is 1. The minimum Gasteiger partial charge on any atom is -0.458 e. The molecule has 3 heterocycles. The van der Waals surface area contributed by atoms with Crippen LogP contribution in [0.15, 0.2) is 178 Å². The van der Waals surface area contributed by atoms with Crippen LogP contribution in [0.3, 0.4) is 0 Å². The van der Waals surface area contributed by atoms with Crippen LogP contribution in [-0.4, -0.2) is 8.07 Å². The van der Waals surface area contributed by atoms with Gasteiger partial charge in [-0.05, 0) is 87.5 Å². The summed E-state index contributed by atoms with van der Waals surface area (Å²) in [7, 11) is -2.81. The van der Waals surface area contributed by atoms with E-state index in [9.17, 15) is 0 Å². The minimum atomic E-state index is -2.81. The molecule has 0 radical (unpaired) electrons. The number of nitrogens with zero attached hydrogens (tertiary/aromatic N) is 1. The molecule has 3 nitrogen and oxygen atoms in total. The Morgan fingerprint density at radius 2 is 1.11 bits per heavy atom. The third-order valence-electron chi connectivity index (χ3n) is 9.57. The van der Waals surface area contributed by atoms with Gasteiger partial charge in [0.25, 0.3) is 0 Å². The summed E-state index contributed by atoms with van der Waals surface area (Å²) in [5, 5.41) is 7.58. The van der Waals surface area contributed by atoms with Gasteiger partial charge in [0, 0.05) is 26.6 Å². The van der Waals surface area contributed by atoms with Crippen LogP contribution in [0.4, 0.5) is 17.1 Å². The summed E-state index contributed by atoms with van der Waals surface area (Å²) in [5.41, 5.74) is 5.00. The maximum absolute atomic E-state index is 6.79. The summed E-state index contributed by atoms with van der Waals surface area (Å²) in [4.78, 5) is 5.02. The average Bonchev–Trinajstić information content (AvgIpc) is 3.52. The molecule has 47 heavy (non-hydrogen) atoms. The van der Waals surface area contributed by atoms with Crippen LogP contribution in [0.2, 0.25) is 0 Å². The predicted molar refractivity (Wildman–Crippen MR) is 196 cm³/mol. The highest BCUT2D eigenvalue weighted by atomic mass is 32.2. The van der Waals surface area contributed by atoms with Gasteiger partial charge in [-0.2, -0.15) is 0 Å². The molecule has 0 atom stereocenters. The van der Waals surface area contributed by atoms with Crippen molar-refractivity contribution in [3.8, 4) is 11.5 Å². The zero-order chi connectivity index (χ0) is 31.0. The van der Waals surface area contributed by atoms with Crippen molar-refractivity contribution in [3.05, 3.63) is 164 Å². The van der Waals surface area contributed by atoms with Crippen molar-refractivity contribution >= 4 is 79.6 Å². The fraction of sp³-hybridized carbons (Fsp3) is 0. The Bertz CT molecular complexity index is 2400. The molecular weight excluding hydrogens is 611 g/mol. The molecule has 10 rings (SSSR count). The molecule has 7 aromatic carbocycles. The second-order valence-electron chi connectivity index (χ2n) is 12.0. The minimum absolute atomic E-state index is 0.873. The van der Waals surface area contributed by atoms with Crippen molar-refractivity contribution in [2.75, 3.05) is 4.90 Å². The van der Waals surface area contributed by atoms with Gasteiger partial charge in [0.05, 0.1) is 11.1 Å². The SMILES string of the molecule is c1ccc(N(c2ccc3c(c2)[Si]2(c4ccccc4O3)c3ccccc3Sc3ccccc32)c2cccc3oc4ccccc4c23)cc1. The molecule has 0 saturated heterocycles. The van der Waals surface area contributed by atoms with E-state index in [4.69, 9.17) is 9.15 Å². The molecule has 0 saturated carbocycles. The molecule has 0 amide bonds. The summed E-state index contributed by atoms with van der Waals surface area (Å²) in [6.45, 7) is 0. The number of anilines is 3. The van der Waals surface area contributed by atoms with Gasteiger partial charge in [-0.25, -0.2) is 0 Å². The zero-order valence-electron chi connectivity index (χ0n) is 25.3. The van der Waals surface area contributed by atoms with Crippen molar-refractivity contribution in [3.63, 3.8) is 0 Å².